The first-order valence-electron chi connectivity index (χ1n) is 11.1. The lowest BCUT2D eigenvalue weighted by atomic mass is 9.72. The van der Waals surface area contributed by atoms with Crippen LogP contribution in [0.4, 0.5) is 10.1 Å². The first kappa shape index (κ1) is 23.1. The summed E-state index contributed by atoms with van der Waals surface area (Å²) in [5.41, 5.74) is 2.57. The number of rotatable bonds is 7. The van der Waals surface area contributed by atoms with E-state index in [0.29, 0.717) is 11.1 Å². The third-order valence-corrected chi connectivity index (χ3v) is 6.39. The molecule has 1 N–H and O–H groups in total. The zero-order valence-electron chi connectivity index (χ0n) is 19.0. The third kappa shape index (κ3) is 6.22. The van der Waals surface area contributed by atoms with Crippen molar-refractivity contribution < 1.29 is 19.0 Å². The summed E-state index contributed by atoms with van der Waals surface area (Å²) in [6.07, 6.45) is 4.72. The van der Waals surface area contributed by atoms with E-state index in [9.17, 15) is 9.18 Å². The lowest BCUT2D eigenvalue weighted by molar-refractivity contribution is -0.136. The Morgan fingerprint density at radius 2 is 1.77 bits per heavy atom. The van der Waals surface area contributed by atoms with Crippen LogP contribution < -0.4 is 9.64 Å². The van der Waals surface area contributed by atoms with Crippen LogP contribution in [0.15, 0.2) is 42.5 Å². The Morgan fingerprint density at radius 3 is 2.42 bits per heavy atom. The molecule has 3 rings (SSSR count). The Balaban J connectivity index is 1.70. The maximum absolute atomic E-state index is 14.4. The van der Waals surface area contributed by atoms with Crippen molar-refractivity contribution in [2.24, 2.45) is 11.3 Å². The Bertz CT molecular complexity index is 898. The second-order valence-corrected chi connectivity index (χ2v) is 9.72. The monoisotopic (exact) mass is 427 g/mol. The highest BCUT2D eigenvalue weighted by Crippen LogP contribution is 2.39. The van der Waals surface area contributed by atoms with Crippen molar-refractivity contribution >= 4 is 11.7 Å². The second kappa shape index (κ2) is 9.71. The van der Waals surface area contributed by atoms with E-state index >= 15 is 0 Å². The van der Waals surface area contributed by atoms with Crippen LogP contribution in [-0.2, 0) is 4.79 Å². The fraction of sp³-hybridized carbons (Fsp3) is 0.500. The number of carboxylic acid groups (broad SMARTS) is 1. The molecule has 0 atom stereocenters. The molecule has 1 saturated carbocycles. The number of hydrogen-bond donors (Lipinski definition) is 1. The van der Waals surface area contributed by atoms with Crippen molar-refractivity contribution in [1.82, 2.24) is 0 Å². The van der Waals surface area contributed by atoms with E-state index in [-0.39, 0.29) is 24.9 Å². The summed E-state index contributed by atoms with van der Waals surface area (Å²) in [7, 11) is 1.71. The molecule has 31 heavy (non-hydrogen) atoms. The van der Waals surface area contributed by atoms with E-state index in [1.807, 2.05) is 24.3 Å². The Labute approximate surface area is 185 Å². The molecule has 0 aromatic heterocycles. The molecule has 168 valence electrons. The predicted molar refractivity (Wildman–Crippen MR) is 123 cm³/mol. The Hall–Kier alpha value is -2.56. The number of halogens is 1. The zero-order chi connectivity index (χ0) is 22.6. The highest BCUT2D eigenvalue weighted by molar-refractivity contribution is 5.71. The number of carbonyl (C=O) groups is 1. The van der Waals surface area contributed by atoms with Crippen LogP contribution in [0.3, 0.4) is 0 Å². The highest BCUT2D eigenvalue weighted by atomic mass is 19.1. The molecule has 2 aromatic carbocycles. The third-order valence-electron chi connectivity index (χ3n) is 6.39. The quantitative estimate of drug-likeness (QED) is 0.556. The maximum Gasteiger partial charge on any atom is 0.305 e. The lowest BCUT2D eigenvalue weighted by Gasteiger charge is -2.37. The minimum Gasteiger partial charge on any atom is -0.490 e. The van der Waals surface area contributed by atoms with Gasteiger partial charge in [-0.15, -0.1) is 0 Å². The summed E-state index contributed by atoms with van der Waals surface area (Å²) in [6.45, 7) is 7.20. The largest absolute Gasteiger partial charge is 0.490 e. The Morgan fingerprint density at radius 1 is 1.10 bits per heavy atom. The predicted octanol–water partition coefficient (Wildman–Crippen LogP) is 6.39. The average Bonchev–Trinajstić information content (AvgIpc) is 2.72. The van der Waals surface area contributed by atoms with Gasteiger partial charge >= 0.3 is 5.97 Å². The van der Waals surface area contributed by atoms with Crippen LogP contribution in [0.5, 0.6) is 5.75 Å². The van der Waals surface area contributed by atoms with Crippen molar-refractivity contribution in [2.75, 3.05) is 18.5 Å². The van der Waals surface area contributed by atoms with Crippen LogP contribution in [-0.4, -0.2) is 30.8 Å². The van der Waals surface area contributed by atoms with Crippen molar-refractivity contribution in [1.29, 1.82) is 0 Å². The molecule has 0 heterocycles. The standard InChI is InChI=1S/C26H34FNO3/c1-26(2,3)20-9-11-21(12-10-20)31-22-7-5-6-18(16-22)19-8-13-23(27)24(17-19)28(4)15-14-25(29)30/h5-8,13,16-17,20-21H,9-12,14-15H2,1-4H3,(H,29,30). The van der Waals surface area contributed by atoms with Crippen LogP contribution >= 0.6 is 0 Å². The first-order valence-corrected chi connectivity index (χ1v) is 11.1. The first-order chi connectivity index (χ1) is 14.6. The molecule has 0 bridgehead atoms. The molecule has 1 aliphatic carbocycles. The van der Waals surface area contributed by atoms with Crippen LogP contribution in [0.2, 0.25) is 0 Å². The number of benzene rings is 2. The van der Waals surface area contributed by atoms with Gasteiger partial charge < -0.3 is 14.7 Å². The zero-order valence-corrected chi connectivity index (χ0v) is 19.0. The molecule has 0 spiro atoms. The normalized spacial score (nSPS) is 19.1. The second-order valence-electron chi connectivity index (χ2n) is 9.72. The van der Waals surface area contributed by atoms with Gasteiger partial charge in [0.05, 0.1) is 18.2 Å². The molecular formula is C26H34FNO3. The molecule has 0 saturated heterocycles. The molecule has 0 aliphatic heterocycles. The minimum atomic E-state index is -0.898. The summed E-state index contributed by atoms with van der Waals surface area (Å²) < 4.78 is 20.6. The van der Waals surface area contributed by atoms with Gasteiger partial charge in [0.25, 0.3) is 0 Å². The number of ether oxygens (including phenoxy) is 1. The van der Waals surface area contributed by atoms with Crippen molar-refractivity contribution in [3.63, 3.8) is 0 Å². The summed E-state index contributed by atoms with van der Waals surface area (Å²) in [5, 5.41) is 8.90. The molecule has 1 aliphatic rings. The maximum atomic E-state index is 14.4. The number of nitrogens with zero attached hydrogens (tertiary/aromatic N) is 1. The lowest BCUT2D eigenvalue weighted by Crippen LogP contribution is -2.30. The molecule has 4 nitrogen and oxygen atoms in total. The molecular weight excluding hydrogens is 393 g/mol. The number of hydrogen-bond acceptors (Lipinski definition) is 3. The molecule has 0 amide bonds. The summed E-state index contributed by atoms with van der Waals surface area (Å²) >= 11 is 0. The van der Waals surface area contributed by atoms with E-state index in [1.165, 1.54) is 18.9 Å². The van der Waals surface area contributed by atoms with Gasteiger partial charge in [0.2, 0.25) is 0 Å². The van der Waals surface area contributed by atoms with Gasteiger partial charge in [-0.25, -0.2) is 4.39 Å². The number of anilines is 1. The van der Waals surface area contributed by atoms with Gasteiger partial charge in [-0.1, -0.05) is 39.0 Å². The van der Waals surface area contributed by atoms with Crippen LogP contribution in [0, 0.1) is 17.2 Å². The van der Waals surface area contributed by atoms with Crippen molar-refractivity contribution in [2.45, 2.75) is 59.0 Å². The van der Waals surface area contributed by atoms with Gasteiger partial charge in [0.1, 0.15) is 11.6 Å². The van der Waals surface area contributed by atoms with Gasteiger partial charge in [0.15, 0.2) is 0 Å². The average molecular weight is 428 g/mol. The fourth-order valence-electron chi connectivity index (χ4n) is 4.36. The minimum absolute atomic E-state index is 0.0407. The molecule has 0 radical (unpaired) electrons. The molecule has 1 fully saturated rings. The number of carboxylic acids is 1. The van der Waals surface area contributed by atoms with Crippen molar-refractivity contribution in [3.05, 3.63) is 48.3 Å². The number of aliphatic carboxylic acids is 1. The highest BCUT2D eigenvalue weighted by Gasteiger charge is 2.30. The van der Waals surface area contributed by atoms with Gasteiger partial charge in [-0.05, 0) is 72.4 Å². The van der Waals surface area contributed by atoms with E-state index in [2.05, 4.69) is 20.8 Å². The van der Waals surface area contributed by atoms with Crippen LogP contribution in [0.25, 0.3) is 11.1 Å². The summed E-state index contributed by atoms with van der Waals surface area (Å²) in [6, 6.07) is 12.9. The van der Waals surface area contributed by atoms with Crippen molar-refractivity contribution in [3.8, 4) is 16.9 Å². The van der Waals surface area contributed by atoms with E-state index in [4.69, 9.17) is 9.84 Å². The fourth-order valence-corrected chi connectivity index (χ4v) is 4.36. The summed E-state index contributed by atoms with van der Waals surface area (Å²) in [4.78, 5) is 12.5. The SMILES string of the molecule is CN(CCC(=O)O)c1cc(-c2cccc(OC3CCC(C(C)(C)C)CC3)c2)ccc1F. The molecule has 0 unspecified atom stereocenters. The van der Waals surface area contributed by atoms with Crippen LogP contribution in [0.1, 0.15) is 52.9 Å². The molecule has 5 heteroatoms. The van der Waals surface area contributed by atoms with E-state index in [1.54, 1.807) is 24.1 Å². The smallest absolute Gasteiger partial charge is 0.305 e. The van der Waals surface area contributed by atoms with E-state index in [0.717, 1.165) is 35.6 Å². The van der Waals surface area contributed by atoms with Gasteiger partial charge in [0, 0.05) is 13.6 Å². The van der Waals surface area contributed by atoms with E-state index < -0.39 is 5.97 Å². The van der Waals surface area contributed by atoms with Gasteiger partial charge in [-0.3, -0.25) is 4.79 Å². The Kier molecular flexibility index (Phi) is 7.24. The van der Waals surface area contributed by atoms with Gasteiger partial charge in [-0.2, -0.15) is 0 Å². The molecule has 2 aromatic rings. The topological polar surface area (TPSA) is 49.8 Å². The summed E-state index contributed by atoms with van der Waals surface area (Å²) in [5.74, 6) is 0.320.